The fraction of sp³-hybridized carbons (Fsp3) is 0.538. The Labute approximate surface area is 106 Å². The lowest BCUT2D eigenvalue weighted by molar-refractivity contribution is 0.133. The van der Waals surface area contributed by atoms with Gasteiger partial charge in [-0.05, 0) is 30.9 Å². The molecular weight excluding hydrogens is 240 g/mol. The molecule has 0 spiro atoms. The Hall–Kier alpha value is -0.180. The molecule has 88 valence electrons. The molecular formula is C13H17ClOS. The number of hydrogen-bond donors (Lipinski definition) is 1. The van der Waals surface area contributed by atoms with E-state index in [-0.39, 0.29) is 6.10 Å². The van der Waals surface area contributed by atoms with E-state index in [4.69, 9.17) is 11.6 Å². The van der Waals surface area contributed by atoms with E-state index in [2.05, 4.69) is 0 Å². The predicted molar refractivity (Wildman–Crippen MR) is 70.1 cm³/mol. The van der Waals surface area contributed by atoms with Crippen LogP contribution >= 0.6 is 23.4 Å². The van der Waals surface area contributed by atoms with Crippen LogP contribution in [0, 0.1) is 5.92 Å². The van der Waals surface area contributed by atoms with E-state index in [0.717, 1.165) is 15.7 Å². The zero-order chi connectivity index (χ0) is 11.4. The summed E-state index contributed by atoms with van der Waals surface area (Å²) < 4.78 is 0. The first kappa shape index (κ1) is 12.3. The van der Waals surface area contributed by atoms with Crippen molar-refractivity contribution in [1.29, 1.82) is 0 Å². The molecule has 0 bridgehead atoms. The Bertz CT molecular complexity index is 336. The molecule has 1 aliphatic carbocycles. The van der Waals surface area contributed by atoms with E-state index in [1.54, 1.807) is 11.8 Å². The monoisotopic (exact) mass is 256 g/mol. The number of rotatable bonds is 4. The molecule has 3 heteroatoms. The summed E-state index contributed by atoms with van der Waals surface area (Å²) in [6.45, 7) is 0. The summed E-state index contributed by atoms with van der Waals surface area (Å²) in [5, 5.41) is 10.8. The topological polar surface area (TPSA) is 20.2 Å². The predicted octanol–water partition coefficient (Wildman–Crippen LogP) is 3.98. The molecule has 1 N–H and O–H groups in total. The molecule has 1 aromatic carbocycles. The number of halogens is 1. The lowest BCUT2D eigenvalue weighted by atomic mass is 10.0. The third-order valence-corrected chi connectivity index (χ3v) is 4.81. The van der Waals surface area contributed by atoms with Gasteiger partial charge in [0.1, 0.15) is 0 Å². The first-order chi connectivity index (χ1) is 7.77. The van der Waals surface area contributed by atoms with Crippen LogP contribution in [0.1, 0.15) is 25.7 Å². The van der Waals surface area contributed by atoms with Crippen LogP contribution in [0.5, 0.6) is 0 Å². The molecule has 0 heterocycles. The fourth-order valence-electron chi connectivity index (χ4n) is 2.22. The Kier molecular flexibility index (Phi) is 4.56. The summed E-state index contributed by atoms with van der Waals surface area (Å²) in [5.41, 5.74) is 0. The SMILES string of the molecule is OC(CSc1ccccc1Cl)C1CCCC1. The third-order valence-electron chi connectivity index (χ3n) is 3.19. The lowest BCUT2D eigenvalue weighted by Gasteiger charge is -2.17. The molecule has 1 unspecified atom stereocenters. The largest absolute Gasteiger partial charge is 0.392 e. The first-order valence-corrected chi connectivity index (χ1v) is 7.19. The number of thioether (sulfide) groups is 1. The van der Waals surface area contributed by atoms with E-state index >= 15 is 0 Å². The number of hydrogen-bond acceptors (Lipinski definition) is 2. The molecule has 1 fully saturated rings. The molecule has 1 aliphatic rings. The van der Waals surface area contributed by atoms with Crippen LogP contribution in [0.2, 0.25) is 5.02 Å². The van der Waals surface area contributed by atoms with Gasteiger partial charge in [-0.1, -0.05) is 36.6 Å². The van der Waals surface area contributed by atoms with Crippen LogP contribution in [0.4, 0.5) is 0 Å². The van der Waals surface area contributed by atoms with E-state index in [0.29, 0.717) is 5.92 Å². The average Bonchev–Trinajstić information content (AvgIpc) is 2.81. The number of aliphatic hydroxyl groups is 1. The molecule has 1 nitrogen and oxygen atoms in total. The maximum atomic E-state index is 10.0. The zero-order valence-corrected chi connectivity index (χ0v) is 10.8. The van der Waals surface area contributed by atoms with Gasteiger partial charge in [-0.2, -0.15) is 0 Å². The molecule has 0 saturated heterocycles. The number of aliphatic hydroxyl groups excluding tert-OH is 1. The Morgan fingerprint density at radius 2 is 2.00 bits per heavy atom. The van der Waals surface area contributed by atoms with Gasteiger partial charge in [0.05, 0.1) is 11.1 Å². The molecule has 0 radical (unpaired) electrons. The maximum Gasteiger partial charge on any atom is 0.0662 e. The summed E-state index contributed by atoms with van der Waals surface area (Å²) in [6, 6.07) is 7.82. The lowest BCUT2D eigenvalue weighted by Crippen LogP contribution is -2.20. The smallest absolute Gasteiger partial charge is 0.0662 e. The van der Waals surface area contributed by atoms with Crippen molar-refractivity contribution < 1.29 is 5.11 Å². The van der Waals surface area contributed by atoms with Gasteiger partial charge in [-0.15, -0.1) is 11.8 Å². The van der Waals surface area contributed by atoms with Gasteiger partial charge < -0.3 is 5.11 Å². The van der Waals surface area contributed by atoms with Crippen molar-refractivity contribution in [2.75, 3.05) is 5.75 Å². The van der Waals surface area contributed by atoms with Gasteiger partial charge in [0.2, 0.25) is 0 Å². The second-order valence-corrected chi connectivity index (χ2v) is 5.82. The number of benzene rings is 1. The summed E-state index contributed by atoms with van der Waals surface area (Å²) in [7, 11) is 0. The minimum atomic E-state index is -0.177. The highest BCUT2D eigenvalue weighted by Crippen LogP contribution is 2.32. The van der Waals surface area contributed by atoms with Crippen molar-refractivity contribution in [1.82, 2.24) is 0 Å². The van der Waals surface area contributed by atoms with Crippen LogP contribution in [0.3, 0.4) is 0 Å². The minimum Gasteiger partial charge on any atom is -0.392 e. The van der Waals surface area contributed by atoms with Crippen molar-refractivity contribution in [3.8, 4) is 0 Å². The fourth-order valence-corrected chi connectivity index (χ4v) is 3.52. The van der Waals surface area contributed by atoms with Crippen LogP contribution in [-0.2, 0) is 0 Å². The van der Waals surface area contributed by atoms with Crippen LogP contribution in [-0.4, -0.2) is 17.0 Å². The molecule has 0 amide bonds. The van der Waals surface area contributed by atoms with Crippen molar-refractivity contribution in [3.05, 3.63) is 29.3 Å². The Morgan fingerprint density at radius 1 is 1.31 bits per heavy atom. The summed E-state index contributed by atoms with van der Waals surface area (Å²) in [5.74, 6) is 1.27. The summed E-state index contributed by atoms with van der Waals surface area (Å²) in [4.78, 5) is 1.07. The second kappa shape index (κ2) is 5.95. The minimum absolute atomic E-state index is 0.177. The molecule has 0 aromatic heterocycles. The molecule has 1 atom stereocenters. The third kappa shape index (κ3) is 3.16. The van der Waals surface area contributed by atoms with E-state index < -0.39 is 0 Å². The average molecular weight is 257 g/mol. The van der Waals surface area contributed by atoms with Crippen molar-refractivity contribution in [3.63, 3.8) is 0 Å². The quantitative estimate of drug-likeness (QED) is 0.823. The van der Waals surface area contributed by atoms with Gasteiger partial charge in [0.15, 0.2) is 0 Å². The van der Waals surface area contributed by atoms with Crippen LogP contribution in [0.15, 0.2) is 29.2 Å². The van der Waals surface area contributed by atoms with Gasteiger partial charge >= 0.3 is 0 Å². The van der Waals surface area contributed by atoms with Gasteiger partial charge in [-0.3, -0.25) is 0 Å². The highest BCUT2D eigenvalue weighted by atomic mass is 35.5. The maximum absolute atomic E-state index is 10.0. The molecule has 16 heavy (non-hydrogen) atoms. The zero-order valence-electron chi connectivity index (χ0n) is 9.23. The van der Waals surface area contributed by atoms with Gasteiger partial charge in [0.25, 0.3) is 0 Å². The first-order valence-electron chi connectivity index (χ1n) is 5.83. The normalized spacial score (nSPS) is 18.9. The van der Waals surface area contributed by atoms with E-state index in [1.165, 1.54) is 25.7 Å². The summed E-state index contributed by atoms with van der Waals surface area (Å²) in [6.07, 6.45) is 4.75. The van der Waals surface area contributed by atoms with Crippen molar-refractivity contribution in [2.24, 2.45) is 5.92 Å². The highest BCUT2D eigenvalue weighted by molar-refractivity contribution is 7.99. The van der Waals surface area contributed by atoms with E-state index in [1.807, 2.05) is 24.3 Å². The highest BCUT2D eigenvalue weighted by Gasteiger charge is 2.23. The van der Waals surface area contributed by atoms with Gasteiger partial charge in [-0.25, -0.2) is 0 Å². The molecule has 0 aliphatic heterocycles. The van der Waals surface area contributed by atoms with Gasteiger partial charge in [0, 0.05) is 10.6 Å². The van der Waals surface area contributed by atoms with Crippen LogP contribution in [0.25, 0.3) is 0 Å². The summed E-state index contributed by atoms with van der Waals surface area (Å²) >= 11 is 7.72. The molecule has 1 saturated carbocycles. The van der Waals surface area contributed by atoms with E-state index in [9.17, 15) is 5.11 Å². The molecule has 2 rings (SSSR count). The Morgan fingerprint density at radius 3 is 2.69 bits per heavy atom. The standard InChI is InChI=1S/C13H17ClOS/c14-11-7-3-4-8-13(11)16-9-12(15)10-5-1-2-6-10/h3-4,7-8,10,12,15H,1-2,5-6,9H2. The Balaban J connectivity index is 1.84. The molecule has 1 aromatic rings. The van der Waals surface area contributed by atoms with Crippen molar-refractivity contribution in [2.45, 2.75) is 36.7 Å². The van der Waals surface area contributed by atoms with Crippen molar-refractivity contribution >= 4 is 23.4 Å². The van der Waals surface area contributed by atoms with Crippen LogP contribution < -0.4 is 0 Å². The second-order valence-electron chi connectivity index (χ2n) is 4.35.